The van der Waals surface area contributed by atoms with Gasteiger partial charge < -0.3 is 16.8 Å². The van der Waals surface area contributed by atoms with Crippen LogP contribution in [0, 0.1) is 0 Å². The summed E-state index contributed by atoms with van der Waals surface area (Å²) < 4.78 is 0. The van der Waals surface area contributed by atoms with Crippen molar-refractivity contribution in [1.82, 2.24) is 0 Å². The predicted octanol–water partition coefficient (Wildman–Crippen LogP) is 10.1. The lowest BCUT2D eigenvalue weighted by Crippen LogP contribution is -2.01. The van der Waals surface area contributed by atoms with Gasteiger partial charge >= 0.3 is 0 Å². The zero-order valence-electron chi connectivity index (χ0n) is 28.4. The van der Waals surface area contributed by atoms with Gasteiger partial charge in [-0.15, -0.1) is 0 Å². The lowest BCUT2D eigenvalue weighted by Gasteiger charge is -2.05. The van der Waals surface area contributed by atoms with Crippen molar-refractivity contribution in [3.05, 3.63) is 89.5 Å². The number of benzene rings is 3. The molecule has 0 aliphatic heterocycles. The lowest BCUT2D eigenvalue weighted by molar-refractivity contribution is 0.0981. The molecule has 0 aliphatic carbocycles. The number of nitrogen functional groups attached to an aromatic ring is 2. The monoisotopic (exact) mass is 581 g/mol. The van der Waals surface area contributed by atoms with E-state index in [2.05, 4.69) is 5.32 Å². The molecule has 0 aliphatic rings. The Bertz CT molecular complexity index is 1040. The Labute approximate surface area is 257 Å². The van der Waals surface area contributed by atoms with Gasteiger partial charge in [-0.25, -0.2) is 0 Å². The molecule has 0 radical (unpaired) electrons. The van der Waals surface area contributed by atoms with Crippen LogP contribution in [0.1, 0.15) is 126 Å². The summed E-state index contributed by atoms with van der Waals surface area (Å²) in [5.41, 5.74) is 15.2. The number of hydrogen-bond donors (Lipinski definition) is 3. The van der Waals surface area contributed by atoms with Crippen LogP contribution in [-0.4, -0.2) is 24.4 Å². The van der Waals surface area contributed by atoms with Crippen molar-refractivity contribution in [2.75, 3.05) is 23.8 Å². The Morgan fingerprint density at radius 1 is 0.500 bits per heavy atom. The van der Waals surface area contributed by atoms with Crippen molar-refractivity contribution in [2.45, 2.75) is 95.4 Å². The first-order chi connectivity index (χ1) is 20.3. The van der Waals surface area contributed by atoms with E-state index in [1.807, 2.05) is 132 Å². The van der Waals surface area contributed by atoms with E-state index >= 15 is 0 Å². The van der Waals surface area contributed by atoms with Crippen LogP contribution < -0.4 is 16.8 Å². The quantitative estimate of drug-likeness (QED) is 0.189. The molecule has 3 aromatic rings. The molecule has 6 nitrogen and oxygen atoms in total. The van der Waals surface area contributed by atoms with E-state index in [4.69, 9.17) is 11.5 Å². The Balaban J connectivity index is -0.000000230. The average Bonchev–Trinajstić information content (AvgIpc) is 3.08. The van der Waals surface area contributed by atoms with Gasteiger partial charge in [-0.3, -0.25) is 14.4 Å². The summed E-state index contributed by atoms with van der Waals surface area (Å²) in [7, 11) is 1.82. The first kappa shape index (κ1) is 45.1. The first-order valence-corrected chi connectivity index (χ1v) is 15.4. The molecule has 0 bridgehead atoms. The minimum absolute atomic E-state index is 0.100. The highest BCUT2D eigenvalue weighted by atomic mass is 16.1. The molecular weight excluding hydrogens is 522 g/mol. The first-order valence-electron chi connectivity index (χ1n) is 15.4. The number of nitrogens with one attached hydrogen (secondary N) is 1. The Kier molecular flexibility index (Phi) is 33.9. The summed E-state index contributed by atoms with van der Waals surface area (Å²) >= 11 is 0. The molecule has 0 saturated heterocycles. The van der Waals surface area contributed by atoms with Gasteiger partial charge in [0, 0.05) is 60.1 Å². The molecule has 3 aromatic carbocycles. The van der Waals surface area contributed by atoms with Crippen molar-refractivity contribution >= 4 is 34.4 Å². The Morgan fingerprint density at radius 3 is 1.05 bits per heavy atom. The largest absolute Gasteiger partial charge is 0.398 e. The van der Waals surface area contributed by atoms with E-state index in [9.17, 15) is 14.4 Å². The summed E-state index contributed by atoms with van der Waals surface area (Å²) in [6, 6.07) is 21.8. The maximum Gasteiger partial charge on any atom is 0.164 e. The lowest BCUT2D eigenvalue weighted by atomic mass is 10.1. The number of para-hydroxylation sites is 3. The molecule has 0 saturated carbocycles. The molecule has 5 N–H and O–H groups in total. The van der Waals surface area contributed by atoms with Gasteiger partial charge in [-0.1, -0.05) is 113 Å². The molecule has 42 heavy (non-hydrogen) atoms. The molecule has 0 heterocycles. The SMILES string of the molecule is CC.CC.CC.CC.CCC(=O)c1ccccc1N.CCC(=O)c1ccccc1N.CCC(=O)c1ccccc1NC. The van der Waals surface area contributed by atoms with Crippen LogP contribution in [0.4, 0.5) is 17.1 Å². The molecule has 0 atom stereocenters. The van der Waals surface area contributed by atoms with Crippen molar-refractivity contribution in [3.63, 3.8) is 0 Å². The van der Waals surface area contributed by atoms with E-state index in [0.717, 1.165) is 11.3 Å². The molecule has 0 spiro atoms. The highest BCUT2D eigenvalue weighted by Gasteiger charge is 2.07. The van der Waals surface area contributed by atoms with Gasteiger partial charge in [-0.2, -0.15) is 0 Å². The highest BCUT2D eigenvalue weighted by Crippen LogP contribution is 2.16. The van der Waals surface area contributed by atoms with Crippen LogP contribution in [0.2, 0.25) is 0 Å². The number of hydrogen-bond acceptors (Lipinski definition) is 6. The molecule has 0 aromatic heterocycles. The number of rotatable bonds is 7. The van der Waals surface area contributed by atoms with Crippen molar-refractivity contribution in [3.8, 4) is 0 Å². The van der Waals surface area contributed by atoms with Crippen LogP contribution in [0.15, 0.2) is 72.8 Å². The maximum absolute atomic E-state index is 11.4. The second kappa shape index (κ2) is 31.6. The number of carbonyl (C=O) groups excluding carboxylic acids is 3. The summed E-state index contributed by atoms with van der Waals surface area (Å²) in [6.07, 6.45) is 1.57. The summed E-state index contributed by atoms with van der Waals surface area (Å²) in [5, 5.41) is 2.99. The fourth-order valence-corrected chi connectivity index (χ4v) is 3.02. The second-order valence-electron chi connectivity index (χ2n) is 7.30. The number of anilines is 3. The third-order valence-corrected chi connectivity index (χ3v) is 4.98. The molecule has 3 rings (SSSR count). The maximum atomic E-state index is 11.4. The van der Waals surface area contributed by atoms with Crippen molar-refractivity contribution in [2.24, 2.45) is 0 Å². The van der Waals surface area contributed by atoms with Crippen LogP contribution in [0.3, 0.4) is 0 Å². The standard InChI is InChI=1S/C10H13NO.2C9H11NO.4C2H6/c1-3-10(12)8-6-4-5-7-9(8)11-2;2*1-2-9(11)7-5-3-4-6-8(7)10;4*1-2/h4-7,11H,3H2,1-2H3;2*3-6H,2,10H2,1H3;4*1-2H3. The summed E-state index contributed by atoms with van der Waals surface area (Å²) in [4.78, 5) is 33.7. The minimum Gasteiger partial charge on any atom is -0.398 e. The van der Waals surface area contributed by atoms with Gasteiger partial charge in [0.25, 0.3) is 0 Å². The van der Waals surface area contributed by atoms with Gasteiger partial charge in [0.05, 0.1) is 0 Å². The normalized spacial score (nSPS) is 8.29. The molecule has 0 fully saturated rings. The van der Waals surface area contributed by atoms with Crippen molar-refractivity contribution in [1.29, 1.82) is 0 Å². The number of carbonyl (C=O) groups is 3. The van der Waals surface area contributed by atoms with Gasteiger partial charge in [0.2, 0.25) is 0 Å². The van der Waals surface area contributed by atoms with Crippen molar-refractivity contribution < 1.29 is 14.4 Å². The third kappa shape index (κ3) is 18.4. The number of Topliss-reactive ketones (excluding diaryl/α,β-unsaturated/α-hetero) is 3. The zero-order valence-corrected chi connectivity index (χ0v) is 28.4. The zero-order chi connectivity index (χ0) is 33.5. The van der Waals surface area contributed by atoms with Gasteiger partial charge in [-0.05, 0) is 36.4 Å². The fourth-order valence-electron chi connectivity index (χ4n) is 3.02. The van der Waals surface area contributed by atoms with E-state index in [1.54, 1.807) is 24.3 Å². The predicted molar refractivity (Wildman–Crippen MR) is 187 cm³/mol. The fraction of sp³-hybridized carbons (Fsp3) is 0.417. The topological polar surface area (TPSA) is 115 Å². The minimum atomic E-state index is 0.100. The Morgan fingerprint density at radius 2 is 0.762 bits per heavy atom. The summed E-state index contributed by atoms with van der Waals surface area (Å²) in [5.74, 6) is 0.381. The molecule has 6 heteroatoms. The van der Waals surface area contributed by atoms with Crippen LogP contribution in [-0.2, 0) is 0 Å². The molecule has 236 valence electrons. The number of ketones is 3. The highest BCUT2D eigenvalue weighted by molar-refractivity contribution is 6.01. The second-order valence-corrected chi connectivity index (χ2v) is 7.30. The molecular formula is C36H59N3O3. The smallest absolute Gasteiger partial charge is 0.164 e. The Hall–Kier alpha value is -3.93. The molecule has 0 amide bonds. The van der Waals surface area contributed by atoms with Gasteiger partial charge in [0.1, 0.15) is 0 Å². The van der Waals surface area contributed by atoms with Crippen LogP contribution in [0.5, 0.6) is 0 Å². The summed E-state index contributed by atoms with van der Waals surface area (Å²) in [6.45, 7) is 21.5. The van der Waals surface area contributed by atoms with E-state index in [0.29, 0.717) is 41.8 Å². The third-order valence-electron chi connectivity index (χ3n) is 4.98. The van der Waals surface area contributed by atoms with E-state index in [1.165, 1.54) is 0 Å². The van der Waals surface area contributed by atoms with E-state index < -0.39 is 0 Å². The average molecular weight is 582 g/mol. The number of nitrogens with two attached hydrogens (primary N) is 2. The van der Waals surface area contributed by atoms with Crippen LogP contribution >= 0.6 is 0 Å². The molecule has 0 unspecified atom stereocenters. The van der Waals surface area contributed by atoms with Crippen LogP contribution in [0.25, 0.3) is 0 Å². The van der Waals surface area contributed by atoms with Gasteiger partial charge in [0.15, 0.2) is 17.3 Å². The van der Waals surface area contributed by atoms with E-state index in [-0.39, 0.29) is 17.3 Å².